The number of rotatable bonds is 3. The number of hydrogen-bond acceptors (Lipinski definition) is 4. The first kappa shape index (κ1) is 9.73. The number of carbonyl (C=O) groups is 1. The summed E-state index contributed by atoms with van der Waals surface area (Å²) in [6.45, 7) is 2.05. The zero-order chi connectivity index (χ0) is 9.68. The van der Waals surface area contributed by atoms with Gasteiger partial charge < -0.3 is 9.72 Å². The third-order valence-electron chi connectivity index (χ3n) is 1.36. The highest BCUT2D eigenvalue weighted by molar-refractivity contribution is 6.14. The summed E-state index contributed by atoms with van der Waals surface area (Å²) >= 11 is 5.03. The van der Waals surface area contributed by atoms with Gasteiger partial charge in [-0.1, -0.05) is 4.63 Å². The van der Waals surface area contributed by atoms with Crippen molar-refractivity contribution in [1.29, 1.82) is 0 Å². The van der Waals surface area contributed by atoms with Crippen molar-refractivity contribution >= 4 is 23.6 Å². The maximum Gasteiger partial charge on any atom is 0.342 e. The first-order valence-electron chi connectivity index (χ1n) is 3.66. The van der Waals surface area contributed by atoms with Gasteiger partial charge in [-0.05, 0) is 13.0 Å². The van der Waals surface area contributed by atoms with E-state index in [0.29, 0.717) is 18.0 Å². The summed E-state index contributed by atoms with van der Waals surface area (Å²) in [6.07, 6.45) is 1.56. The quantitative estimate of drug-likeness (QED) is 0.603. The van der Waals surface area contributed by atoms with E-state index in [-0.39, 0.29) is 0 Å². The summed E-state index contributed by atoms with van der Waals surface area (Å²) in [5, 5.41) is 3.50. The van der Waals surface area contributed by atoms with Gasteiger partial charge >= 0.3 is 5.97 Å². The Balaban J connectivity index is 2.87. The van der Waals surface area contributed by atoms with E-state index in [1.165, 1.54) is 0 Å². The molecule has 0 saturated heterocycles. The minimum Gasteiger partial charge on any atom is -0.462 e. The second-order valence-corrected chi connectivity index (χ2v) is 2.29. The summed E-state index contributed by atoms with van der Waals surface area (Å²) < 4.78 is 7.81. The maximum absolute atomic E-state index is 11.2. The molecule has 1 aromatic heterocycles. The van der Waals surface area contributed by atoms with Crippen LogP contribution in [0.15, 0.2) is 22.0 Å². The zero-order valence-electron chi connectivity index (χ0n) is 6.95. The Kier molecular flexibility index (Phi) is 3.45. The van der Waals surface area contributed by atoms with Crippen LogP contribution < -0.4 is 0 Å². The number of esters is 1. The molecule has 1 N–H and O–H groups in total. The summed E-state index contributed by atoms with van der Waals surface area (Å²) in [5.74, 6) is -0.142. The molecular weight excluding hydrogens is 194 g/mol. The van der Waals surface area contributed by atoms with Crippen molar-refractivity contribution in [2.24, 2.45) is 9.75 Å². The number of aromatic amines is 1. The normalized spacial score (nSPS) is 10.6. The molecule has 0 aliphatic rings. The molecule has 0 unspecified atom stereocenters. The van der Waals surface area contributed by atoms with Crippen LogP contribution in [0, 0.1) is 0 Å². The van der Waals surface area contributed by atoms with Gasteiger partial charge in [0.1, 0.15) is 5.56 Å². The van der Waals surface area contributed by atoms with Gasteiger partial charge in [0.15, 0.2) is 5.82 Å². The van der Waals surface area contributed by atoms with Gasteiger partial charge in [0.2, 0.25) is 0 Å². The number of aromatic nitrogens is 1. The van der Waals surface area contributed by atoms with Crippen LogP contribution in [0.5, 0.6) is 0 Å². The van der Waals surface area contributed by atoms with Gasteiger partial charge in [-0.2, -0.15) is 0 Å². The fourth-order valence-electron chi connectivity index (χ4n) is 0.855. The fourth-order valence-corrected chi connectivity index (χ4v) is 0.930. The van der Waals surface area contributed by atoms with Gasteiger partial charge in [0, 0.05) is 6.20 Å². The van der Waals surface area contributed by atoms with Crippen molar-refractivity contribution in [2.75, 3.05) is 6.61 Å². The van der Waals surface area contributed by atoms with Crippen LogP contribution >= 0.6 is 11.8 Å². The Hall–Kier alpha value is -1.36. The molecule has 0 atom stereocenters. The first-order valence-corrected chi connectivity index (χ1v) is 4.00. The SMILES string of the molecule is CCOC(=O)c1cc[nH]c1N=NCl. The molecule has 0 aromatic carbocycles. The molecule has 1 heterocycles. The standard InChI is InChI=1S/C7H8ClN3O2/c1-2-13-7(12)5-3-4-9-6(5)10-11-8/h3-4,9H,2H2,1H3. The highest BCUT2D eigenvalue weighted by Gasteiger charge is 2.12. The van der Waals surface area contributed by atoms with Gasteiger partial charge in [-0.3, -0.25) is 0 Å². The van der Waals surface area contributed by atoms with Crippen molar-refractivity contribution in [1.82, 2.24) is 4.98 Å². The first-order chi connectivity index (χ1) is 6.29. The molecule has 0 fully saturated rings. The summed E-state index contributed by atoms with van der Waals surface area (Å²) in [4.78, 5) is 13.9. The number of nitrogens with one attached hydrogen (secondary N) is 1. The highest BCUT2D eigenvalue weighted by Crippen LogP contribution is 2.18. The van der Waals surface area contributed by atoms with Gasteiger partial charge in [0.05, 0.1) is 18.4 Å². The van der Waals surface area contributed by atoms with Crippen LogP contribution in [0.3, 0.4) is 0 Å². The molecule has 0 spiro atoms. The minimum absolute atomic E-state index is 0.299. The highest BCUT2D eigenvalue weighted by atomic mass is 35.5. The van der Waals surface area contributed by atoms with Crippen LogP contribution in [0.2, 0.25) is 0 Å². The molecule has 0 aliphatic heterocycles. The lowest BCUT2D eigenvalue weighted by atomic mass is 10.3. The molecule has 1 aromatic rings. The molecule has 6 heteroatoms. The average Bonchev–Trinajstić information content (AvgIpc) is 2.54. The molecule has 0 radical (unpaired) electrons. The number of nitrogens with zero attached hydrogens (tertiary/aromatic N) is 2. The molecular formula is C7H8ClN3O2. The number of H-pyrrole nitrogens is 1. The Labute approximate surface area is 79.9 Å². The number of ether oxygens (including phenoxy) is 1. The molecule has 5 nitrogen and oxygen atoms in total. The van der Waals surface area contributed by atoms with E-state index in [1.54, 1.807) is 19.2 Å². The topological polar surface area (TPSA) is 66.8 Å². The molecule has 1 rings (SSSR count). The Bertz CT molecular complexity index is 321. The zero-order valence-corrected chi connectivity index (χ0v) is 7.71. The van der Waals surface area contributed by atoms with E-state index in [0.717, 1.165) is 0 Å². The summed E-state index contributed by atoms with van der Waals surface area (Å²) in [5.41, 5.74) is 0.325. The third kappa shape index (κ3) is 2.29. The van der Waals surface area contributed by atoms with Crippen molar-refractivity contribution in [3.05, 3.63) is 17.8 Å². The van der Waals surface area contributed by atoms with Crippen molar-refractivity contribution < 1.29 is 9.53 Å². The van der Waals surface area contributed by atoms with Crippen molar-refractivity contribution in [3.8, 4) is 0 Å². The average molecular weight is 202 g/mol. The maximum atomic E-state index is 11.2. The fraction of sp³-hybridized carbons (Fsp3) is 0.286. The predicted octanol–water partition coefficient (Wildman–Crippen LogP) is 2.43. The predicted molar refractivity (Wildman–Crippen MR) is 47.1 cm³/mol. The van der Waals surface area contributed by atoms with Crippen LogP contribution in [0.4, 0.5) is 5.82 Å². The number of hydrogen-bond donors (Lipinski definition) is 1. The van der Waals surface area contributed by atoms with Gasteiger partial charge in [0.25, 0.3) is 0 Å². The monoisotopic (exact) mass is 201 g/mol. The largest absolute Gasteiger partial charge is 0.462 e. The van der Waals surface area contributed by atoms with Crippen molar-refractivity contribution in [3.63, 3.8) is 0 Å². The van der Waals surface area contributed by atoms with Crippen LogP contribution in [-0.2, 0) is 4.74 Å². The molecule has 0 aliphatic carbocycles. The van der Waals surface area contributed by atoms with E-state index in [4.69, 9.17) is 16.5 Å². The molecule has 0 bridgehead atoms. The van der Waals surface area contributed by atoms with Crippen LogP contribution in [-0.4, -0.2) is 17.6 Å². The molecule has 0 saturated carbocycles. The number of carbonyl (C=O) groups excluding carboxylic acids is 1. The second kappa shape index (κ2) is 4.61. The van der Waals surface area contributed by atoms with E-state index < -0.39 is 5.97 Å². The van der Waals surface area contributed by atoms with Crippen molar-refractivity contribution in [2.45, 2.75) is 6.92 Å². The van der Waals surface area contributed by atoms with E-state index in [1.807, 2.05) is 0 Å². The van der Waals surface area contributed by atoms with Crippen LogP contribution in [0.1, 0.15) is 17.3 Å². The number of halogens is 1. The van der Waals surface area contributed by atoms with E-state index >= 15 is 0 Å². The van der Waals surface area contributed by atoms with Crippen LogP contribution in [0.25, 0.3) is 0 Å². The molecule has 70 valence electrons. The van der Waals surface area contributed by atoms with Gasteiger partial charge in [-0.25, -0.2) is 4.79 Å². The second-order valence-electron chi connectivity index (χ2n) is 2.14. The molecule has 0 amide bonds. The van der Waals surface area contributed by atoms with E-state index in [9.17, 15) is 4.79 Å². The lowest BCUT2D eigenvalue weighted by molar-refractivity contribution is 0.0527. The Morgan fingerprint density at radius 2 is 2.54 bits per heavy atom. The Morgan fingerprint density at radius 3 is 3.15 bits per heavy atom. The lowest BCUT2D eigenvalue weighted by Crippen LogP contribution is -2.03. The lowest BCUT2D eigenvalue weighted by Gasteiger charge is -1.98. The summed E-state index contributed by atoms with van der Waals surface area (Å²) in [7, 11) is 0. The van der Waals surface area contributed by atoms with Gasteiger partial charge in [-0.15, -0.1) is 5.11 Å². The summed E-state index contributed by atoms with van der Waals surface area (Å²) in [6, 6.07) is 1.55. The van der Waals surface area contributed by atoms with E-state index in [2.05, 4.69) is 14.7 Å². The third-order valence-corrected chi connectivity index (χ3v) is 1.43. The molecule has 13 heavy (non-hydrogen) atoms. The Morgan fingerprint density at radius 1 is 1.77 bits per heavy atom. The smallest absolute Gasteiger partial charge is 0.342 e. The minimum atomic E-state index is -0.442.